The fourth-order valence-corrected chi connectivity index (χ4v) is 3.99. The first-order chi connectivity index (χ1) is 9.88. The van der Waals surface area contributed by atoms with Gasteiger partial charge in [0.1, 0.15) is 6.07 Å². The molecule has 1 saturated heterocycles. The van der Waals surface area contributed by atoms with Crippen LogP contribution in [0, 0.1) is 23.7 Å². The van der Waals surface area contributed by atoms with Crippen LogP contribution in [-0.4, -0.2) is 28.1 Å². The third kappa shape index (κ3) is 3.62. The quantitative estimate of drug-likeness (QED) is 0.884. The van der Waals surface area contributed by atoms with Gasteiger partial charge in [0.15, 0.2) is 0 Å². The SMILES string of the molecule is Cc1cccc(S(=O)(=O)NCC2(C)CCNCC2)c1C#N. The largest absolute Gasteiger partial charge is 0.317 e. The number of hydrogen-bond donors (Lipinski definition) is 2. The van der Waals surface area contributed by atoms with Crippen LogP contribution in [0.3, 0.4) is 0 Å². The second-order valence-electron chi connectivity index (χ2n) is 5.95. The molecule has 1 heterocycles. The number of rotatable bonds is 4. The average molecular weight is 307 g/mol. The van der Waals surface area contributed by atoms with E-state index in [1.54, 1.807) is 19.1 Å². The second-order valence-corrected chi connectivity index (χ2v) is 7.68. The summed E-state index contributed by atoms with van der Waals surface area (Å²) in [5.74, 6) is 0. The van der Waals surface area contributed by atoms with Crippen molar-refractivity contribution >= 4 is 10.0 Å². The molecule has 21 heavy (non-hydrogen) atoms. The zero-order valence-electron chi connectivity index (χ0n) is 12.4. The monoisotopic (exact) mass is 307 g/mol. The van der Waals surface area contributed by atoms with Gasteiger partial charge in [-0.3, -0.25) is 0 Å². The van der Waals surface area contributed by atoms with Crippen molar-refractivity contribution in [3.63, 3.8) is 0 Å². The van der Waals surface area contributed by atoms with Crippen molar-refractivity contribution in [2.24, 2.45) is 5.41 Å². The molecule has 114 valence electrons. The molecular weight excluding hydrogens is 286 g/mol. The Kier molecular flexibility index (Phi) is 4.67. The summed E-state index contributed by atoms with van der Waals surface area (Å²) in [6, 6.07) is 6.88. The molecule has 6 heteroatoms. The van der Waals surface area contributed by atoms with Crippen LogP contribution in [0.4, 0.5) is 0 Å². The van der Waals surface area contributed by atoms with Gasteiger partial charge in [-0.1, -0.05) is 19.1 Å². The normalized spacial score (nSPS) is 18.1. The number of sulfonamides is 1. The van der Waals surface area contributed by atoms with Gasteiger partial charge >= 0.3 is 0 Å². The summed E-state index contributed by atoms with van der Waals surface area (Å²) < 4.78 is 27.6. The molecule has 0 aliphatic carbocycles. The highest BCUT2D eigenvalue weighted by Crippen LogP contribution is 2.28. The molecule has 2 N–H and O–H groups in total. The van der Waals surface area contributed by atoms with Crippen LogP contribution < -0.4 is 10.0 Å². The molecule has 0 unspecified atom stereocenters. The minimum atomic E-state index is -3.66. The Hall–Kier alpha value is -1.42. The molecular formula is C15H21N3O2S. The first-order valence-corrected chi connectivity index (χ1v) is 8.56. The first-order valence-electron chi connectivity index (χ1n) is 7.08. The van der Waals surface area contributed by atoms with E-state index < -0.39 is 10.0 Å². The minimum Gasteiger partial charge on any atom is -0.317 e. The van der Waals surface area contributed by atoms with Crippen molar-refractivity contribution < 1.29 is 8.42 Å². The molecule has 1 aromatic rings. The number of piperidine rings is 1. The van der Waals surface area contributed by atoms with Gasteiger partial charge < -0.3 is 5.32 Å². The Morgan fingerprint density at radius 3 is 2.67 bits per heavy atom. The topological polar surface area (TPSA) is 82.0 Å². The lowest BCUT2D eigenvalue weighted by atomic mass is 9.81. The molecule has 0 atom stereocenters. The van der Waals surface area contributed by atoms with E-state index in [0.29, 0.717) is 12.1 Å². The highest BCUT2D eigenvalue weighted by molar-refractivity contribution is 7.89. The maximum Gasteiger partial charge on any atom is 0.241 e. The van der Waals surface area contributed by atoms with Gasteiger partial charge in [0.2, 0.25) is 10.0 Å². The van der Waals surface area contributed by atoms with Crippen LogP contribution in [0.5, 0.6) is 0 Å². The Bertz CT molecular complexity index is 656. The molecule has 1 fully saturated rings. The summed E-state index contributed by atoms with van der Waals surface area (Å²) in [6.07, 6.45) is 1.88. The van der Waals surface area contributed by atoms with Crippen molar-refractivity contribution in [1.29, 1.82) is 5.26 Å². The smallest absolute Gasteiger partial charge is 0.241 e. The number of hydrogen-bond acceptors (Lipinski definition) is 4. The van der Waals surface area contributed by atoms with E-state index in [9.17, 15) is 13.7 Å². The lowest BCUT2D eigenvalue weighted by Crippen LogP contribution is -2.43. The highest BCUT2D eigenvalue weighted by Gasteiger charge is 2.29. The standard InChI is InChI=1S/C15H21N3O2S/c1-12-4-3-5-14(13(12)10-16)21(19,20)18-11-15(2)6-8-17-9-7-15/h3-5,17-18H,6-9,11H2,1-2H3. The lowest BCUT2D eigenvalue weighted by molar-refractivity contribution is 0.232. The predicted molar refractivity (Wildman–Crippen MR) is 81.3 cm³/mol. The van der Waals surface area contributed by atoms with Crippen molar-refractivity contribution in [1.82, 2.24) is 10.0 Å². The summed E-state index contributed by atoms with van der Waals surface area (Å²) in [5, 5.41) is 12.5. The zero-order chi connectivity index (χ0) is 15.5. The van der Waals surface area contributed by atoms with E-state index in [0.717, 1.165) is 25.9 Å². The second kappa shape index (κ2) is 6.14. The lowest BCUT2D eigenvalue weighted by Gasteiger charge is -2.34. The number of benzene rings is 1. The third-order valence-corrected chi connectivity index (χ3v) is 5.58. The Morgan fingerprint density at radius 1 is 1.38 bits per heavy atom. The van der Waals surface area contributed by atoms with Gasteiger partial charge in [0.25, 0.3) is 0 Å². The molecule has 0 radical (unpaired) electrons. The van der Waals surface area contributed by atoms with Crippen LogP contribution in [0.25, 0.3) is 0 Å². The van der Waals surface area contributed by atoms with Crippen LogP contribution in [0.1, 0.15) is 30.9 Å². The third-order valence-electron chi connectivity index (χ3n) is 4.14. The predicted octanol–water partition coefficient (Wildman–Crippen LogP) is 1.53. The molecule has 1 aromatic carbocycles. The van der Waals surface area contributed by atoms with E-state index >= 15 is 0 Å². The summed E-state index contributed by atoms with van der Waals surface area (Å²) in [5.41, 5.74) is 0.864. The molecule has 0 amide bonds. The maximum absolute atomic E-state index is 12.5. The summed E-state index contributed by atoms with van der Waals surface area (Å²) >= 11 is 0. The fourth-order valence-electron chi connectivity index (χ4n) is 2.56. The van der Waals surface area contributed by atoms with Crippen LogP contribution in [-0.2, 0) is 10.0 Å². The number of nitrogens with zero attached hydrogens (tertiary/aromatic N) is 1. The molecule has 0 spiro atoms. The van der Waals surface area contributed by atoms with Gasteiger partial charge in [-0.25, -0.2) is 13.1 Å². The molecule has 0 aromatic heterocycles. The van der Waals surface area contributed by atoms with Crippen LogP contribution >= 0.6 is 0 Å². The average Bonchev–Trinajstić information content (AvgIpc) is 2.46. The van der Waals surface area contributed by atoms with Crippen molar-refractivity contribution in [2.45, 2.75) is 31.6 Å². The molecule has 5 nitrogen and oxygen atoms in total. The van der Waals surface area contributed by atoms with E-state index in [-0.39, 0.29) is 15.9 Å². The van der Waals surface area contributed by atoms with Gasteiger partial charge in [0.05, 0.1) is 10.5 Å². The van der Waals surface area contributed by atoms with E-state index in [2.05, 4.69) is 17.0 Å². The van der Waals surface area contributed by atoms with Crippen molar-refractivity contribution in [2.75, 3.05) is 19.6 Å². The Labute approximate surface area is 126 Å². The summed E-state index contributed by atoms with van der Waals surface area (Å²) in [4.78, 5) is 0.0718. The molecule has 1 aliphatic rings. The molecule has 2 rings (SSSR count). The first kappa shape index (κ1) is 16.0. The van der Waals surface area contributed by atoms with Gasteiger partial charge in [-0.2, -0.15) is 5.26 Å². The van der Waals surface area contributed by atoms with E-state index in [1.807, 2.05) is 6.07 Å². The van der Waals surface area contributed by atoms with E-state index in [4.69, 9.17) is 0 Å². The highest BCUT2D eigenvalue weighted by atomic mass is 32.2. The van der Waals surface area contributed by atoms with Gasteiger partial charge in [0, 0.05) is 6.54 Å². The van der Waals surface area contributed by atoms with Crippen LogP contribution in [0.15, 0.2) is 23.1 Å². The van der Waals surface area contributed by atoms with E-state index in [1.165, 1.54) is 6.07 Å². The van der Waals surface area contributed by atoms with Crippen LogP contribution in [0.2, 0.25) is 0 Å². The fraction of sp³-hybridized carbons (Fsp3) is 0.533. The minimum absolute atomic E-state index is 0.0328. The number of nitriles is 1. The maximum atomic E-state index is 12.5. The molecule has 0 bridgehead atoms. The number of aryl methyl sites for hydroxylation is 1. The summed E-state index contributed by atoms with van der Waals surface area (Å²) in [6.45, 7) is 6.05. The van der Waals surface area contributed by atoms with Crippen molar-refractivity contribution in [3.8, 4) is 6.07 Å². The molecule has 1 aliphatic heterocycles. The Balaban J connectivity index is 2.20. The molecule has 0 saturated carbocycles. The van der Waals surface area contributed by atoms with Gasteiger partial charge in [-0.15, -0.1) is 0 Å². The number of nitrogens with one attached hydrogen (secondary N) is 2. The Morgan fingerprint density at radius 2 is 2.05 bits per heavy atom. The van der Waals surface area contributed by atoms with Gasteiger partial charge in [-0.05, 0) is 49.9 Å². The zero-order valence-corrected chi connectivity index (χ0v) is 13.3. The van der Waals surface area contributed by atoms with Crippen molar-refractivity contribution in [3.05, 3.63) is 29.3 Å². The summed E-state index contributed by atoms with van der Waals surface area (Å²) in [7, 11) is -3.66.